The van der Waals surface area contributed by atoms with Crippen LogP contribution in [0.25, 0.3) is 11.3 Å². The Hall–Kier alpha value is -3.04. The molecule has 1 unspecified atom stereocenters. The molecular formula is C26H30F2N4O2S. The molecule has 0 spiro atoms. The predicted octanol–water partition coefficient (Wildman–Crippen LogP) is 5.63. The van der Waals surface area contributed by atoms with Gasteiger partial charge in [-0.25, -0.2) is 4.68 Å². The average Bonchev–Trinajstić information content (AvgIpc) is 3.53. The molecule has 6 nitrogen and oxygen atoms in total. The summed E-state index contributed by atoms with van der Waals surface area (Å²) in [7, 11) is 0. The maximum Gasteiger partial charge on any atom is 0.387 e. The smallest absolute Gasteiger partial charge is 0.387 e. The molecule has 35 heavy (non-hydrogen) atoms. The van der Waals surface area contributed by atoms with Gasteiger partial charge in [0, 0.05) is 36.3 Å². The van der Waals surface area contributed by atoms with Gasteiger partial charge < -0.3 is 14.4 Å². The third kappa shape index (κ3) is 6.55. The summed E-state index contributed by atoms with van der Waals surface area (Å²) in [6, 6.07) is 14.8. The summed E-state index contributed by atoms with van der Waals surface area (Å²) in [5.74, 6) is 0.116. The van der Waals surface area contributed by atoms with Crippen molar-refractivity contribution < 1.29 is 18.3 Å². The Bertz CT molecular complexity index is 1160. The van der Waals surface area contributed by atoms with E-state index in [1.165, 1.54) is 29.2 Å². The van der Waals surface area contributed by atoms with Gasteiger partial charge in [-0.15, -0.1) is 11.3 Å². The molecule has 0 radical (unpaired) electrons. The zero-order valence-corrected chi connectivity index (χ0v) is 20.8. The SMILES string of the molecule is CCN(CC)c1ccc(/C=N/n2c(-c3ccc(OC(F)F)cc3)csc2=NCC2CCCO2)cc1. The van der Waals surface area contributed by atoms with Crippen LogP contribution in [-0.4, -0.2) is 49.8 Å². The van der Waals surface area contributed by atoms with E-state index in [1.54, 1.807) is 16.8 Å². The van der Waals surface area contributed by atoms with Gasteiger partial charge in [-0.05, 0) is 68.7 Å². The molecule has 1 aliphatic heterocycles. The van der Waals surface area contributed by atoms with Gasteiger partial charge in [-0.1, -0.05) is 12.1 Å². The lowest BCUT2D eigenvalue weighted by molar-refractivity contribution is -0.0498. The zero-order chi connectivity index (χ0) is 24.6. The molecule has 0 amide bonds. The van der Waals surface area contributed by atoms with E-state index in [4.69, 9.17) is 14.8 Å². The van der Waals surface area contributed by atoms with Crippen molar-refractivity contribution in [3.63, 3.8) is 0 Å². The van der Waals surface area contributed by atoms with Crippen molar-refractivity contribution in [2.75, 3.05) is 31.1 Å². The highest BCUT2D eigenvalue weighted by atomic mass is 32.1. The fraction of sp³-hybridized carbons (Fsp3) is 0.385. The number of rotatable bonds is 10. The molecule has 2 aromatic carbocycles. The molecule has 186 valence electrons. The summed E-state index contributed by atoms with van der Waals surface area (Å²) < 4.78 is 37.0. The fourth-order valence-corrected chi connectivity index (χ4v) is 4.82. The molecule has 0 N–H and O–H groups in total. The number of thiazole rings is 1. The second kappa shape index (κ2) is 12.1. The minimum atomic E-state index is -2.85. The Morgan fingerprint density at radius 3 is 2.51 bits per heavy atom. The molecule has 1 aliphatic rings. The summed E-state index contributed by atoms with van der Waals surface area (Å²) in [5.41, 5.74) is 3.79. The molecule has 1 fully saturated rings. The molecule has 1 aromatic heterocycles. The Labute approximate surface area is 208 Å². The van der Waals surface area contributed by atoms with Crippen LogP contribution in [0.2, 0.25) is 0 Å². The average molecular weight is 501 g/mol. The summed E-state index contributed by atoms with van der Waals surface area (Å²) in [5, 5.41) is 6.72. The van der Waals surface area contributed by atoms with E-state index in [-0.39, 0.29) is 11.9 Å². The lowest BCUT2D eigenvalue weighted by Crippen LogP contribution is -2.21. The summed E-state index contributed by atoms with van der Waals surface area (Å²) in [6.45, 7) is 4.69. The van der Waals surface area contributed by atoms with Crippen LogP contribution in [0.4, 0.5) is 14.5 Å². The lowest BCUT2D eigenvalue weighted by atomic mass is 10.2. The molecule has 3 aromatic rings. The van der Waals surface area contributed by atoms with Crippen LogP contribution in [0.15, 0.2) is 64.0 Å². The molecule has 0 aliphatic carbocycles. The van der Waals surface area contributed by atoms with E-state index >= 15 is 0 Å². The van der Waals surface area contributed by atoms with Crippen molar-refractivity contribution in [2.24, 2.45) is 10.1 Å². The van der Waals surface area contributed by atoms with Gasteiger partial charge in [0.1, 0.15) is 5.75 Å². The molecule has 1 atom stereocenters. The van der Waals surface area contributed by atoms with Crippen LogP contribution in [0.1, 0.15) is 32.3 Å². The van der Waals surface area contributed by atoms with Crippen molar-refractivity contribution in [1.82, 2.24) is 4.68 Å². The van der Waals surface area contributed by atoms with E-state index in [2.05, 4.69) is 35.6 Å². The number of benzene rings is 2. The second-order valence-corrected chi connectivity index (χ2v) is 8.94. The van der Waals surface area contributed by atoms with Gasteiger partial charge in [-0.3, -0.25) is 4.99 Å². The third-order valence-corrected chi connectivity index (χ3v) is 6.71. The van der Waals surface area contributed by atoms with E-state index in [9.17, 15) is 8.78 Å². The molecule has 2 heterocycles. The number of hydrogen-bond acceptors (Lipinski definition) is 6. The van der Waals surface area contributed by atoms with Crippen LogP contribution in [0.5, 0.6) is 5.75 Å². The van der Waals surface area contributed by atoms with Crippen molar-refractivity contribution in [3.8, 4) is 17.0 Å². The first-order chi connectivity index (χ1) is 17.1. The van der Waals surface area contributed by atoms with E-state index < -0.39 is 6.61 Å². The van der Waals surface area contributed by atoms with Crippen LogP contribution >= 0.6 is 11.3 Å². The Morgan fingerprint density at radius 1 is 1.14 bits per heavy atom. The molecule has 4 rings (SSSR count). The van der Waals surface area contributed by atoms with Gasteiger partial charge in [0.25, 0.3) is 0 Å². The Kier molecular flexibility index (Phi) is 8.65. The number of ether oxygens (including phenoxy) is 2. The van der Waals surface area contributed by atoms with Crippen LogP contribution in [0, 0.1) is 0 Å². The maximum absolute atomic E-state index is 12.5. The Balaban J connectivity index is 1.63. The first kappa shape index (κ1) is 25.1. The number of aromatic nitrogens is 1. The number of halogens is 2. The highest BCUT2D eigenvalue weighted by Gasteiger charge is 2.15. The summed E-state index contributed by atoms with van der Waals surface area (Å²) in [6.07, 6.45) is 4.01. The van der Waals surface area contributed by atoms with Crippen LogP contribution in [0.3, 0.4) is 0 Å². The number of anilines is 1. The minimum absolute atomic E-state index is 0.116. The van der Waals surface area contributed by atoms with Gasteiger partial charge in [0.05, 0.1) is 24.6 Å². The third-order valence-electron chi connectivity index (χ3n) is 5.86. The van der Waals surface area contributed by atoms with Crippen molar-refractivity contribution >= 4 is 23.2 Å². The first-order valence-corrected chi connectivity index (χ1v) is 12.7. The summed E-state index contributed by atoms with van der Waals surface area (Å²) >= 11 is 1.49. The van der Waals surface area contributed by atoms with E-state index in [1.807, 2.05) is 23.7 Å². The first-order valence-electron chi connectivity index (χ1n) is 11.8. The van der Waals surface area contributed by atoms with Crippen LogP contribution in [-0.2, 0) is 4.74 Å². The number of nitrogens with zero attached hydrogens (tertiary/aromatic N) is 4. The van der Waals surface area contributed by atoms with Gasteiger partial charge in [0.2, 0.25) is 4.80 Å². The highest BCUT2D eigenvalue weighted by molar-refractivity contribution is 7.07. The Morgan fingerprint density at radius 2 is 1.89 bits per heavy atom. The zero-order valence-electron chi connectivity index (χ0n) is 19.9. The summed E-state index contributed by atoms with van der Waals surface area (Å²) in [4.78, 5) is 7.81. The molecular weight excluding hydrogens is 470 g/mol. The van der Waals surface area contributed by atoms with E-state index in [0.717, 1.165) is 54.2 Å². The fourth-order valence-electron chi connectivity index (χ4n) is 3.98. The molecule has 0 saturated carbocycles. The molecule has 9 heteroatoms. The highest BCUT2D eigenvalue weighted by Crippen LogP contribution is 2.24. The van der Waals surface area contributed by atoms with Crippen molar-refractivity contribution in [3.05, 3.63) is 64.3 Å². The maximum atomic E-state index is 12.5. The van der Waals surface area contributed by atoms with Gasteiger partial charge >= 0.3 is 6.61 Å². The van der Waals surface area contributed by atoms with Crippen molar-refractivity contribution in [1.29, 1.82) is 0 Å². The van der Waals surface area contributed by atoms with Gasteiger partial charge in [-0.2, -0.15) is 13.9 Å². The monoisotopic (exact) mass is 500 g/mol. The van der Waals surface area contributed by atoms with Crippen molar-refractivity contribution in [2.45, 2.75) is 39.4 Å². The van der Waals surface area contributed by atoms with Crippen LogP contribution < -0.4 is 14.4 Å². The quantitative estimate of drug-likeness (QED) is 0.339. The number of hydrogen-bond donors (Lipinski definition) is 0. The van der Waals surface area contributed by atoms with Gasteiger partial charge in [0.15, 0.2) is 0 Å². The standard InChI is InChI=1S/C26H30F2N4O2S/c1-3-31(4-2)21-11-7-19(8-12-21)16-30-32-24(20-9-13-22(14-10-20)34-25(27)28)18-35-26(32)29-17-23-6-5-15-33-23/h7-14,16,18,23,25H,3-6,15,17H2,1-2H3/b29-26?,30-16+. The normalized spacial score (nSPS) is 16.5. The largest absolute Gasteiger partial charge is 0.435 e. The predicted molar refractivity (Wildman–Crippen MR) is 137 cm³/mol. The second-order valence-electron chi connectivity index (χ2n) is 8.10. The minimum Gasteiger partial charge on any atom is -0.435 e. The molecule has 0 bridgehead atoms. The number of alkyl halides is 2. The topological polar surface area (TPSA) is 51.4 Å². The van der Waals surface area contributed by atoms with E-state index in [0.29, 0.717) is 6.54 Å². The lowest BCUT2D eigenvalue weighted by Gasteiger charge is -2.20. The molecule has 1 saturated heterocycles.